The van der Waals surface area contributed by atoms with Gasteiger partial charge in [-0.3, -0.25) is 14.4 Å². The van der Waals surface area contributed by atoms with Crippen molar-refractivity contribution in [1.82, 2.24) is 0 Å². The smallest absolute Gasteiger partial charge is 0.306 e. The van der Waals surface area contributed by atoms with Gasteiger partial charge in [0.15, 0.2) is 11.9 Å². The Morgan fingerprint density at radius 1 is 1.35 bits per heavy atom. The Bertz CT molecular complexity index is 326. The van der Waals surface area contributed by atoms with Crippen molar-refractivity contribution in [2.45, 2.75) is 58.2 Å². The van der Waals surface area contributed by atoms with Gasteiger partial charge in [0, 0.05) is 19.3 Å². The maximum absolute atomic E-state index is 11.6. The summed E-state index contributed by atoms with van der Waals surface area (Å²) in [6, 6.07) is 0. The molecule has 1 rings (SSSR count). The van der Waals surface area contributed by atoms with Crippen molar-refractivity contribution < 1.29 is 23.9 Å². The van der Waals surface area contributed by atoms with Crippen LogP contribution in [0.1, 0.15) is 46.5 Å². The van der Waals surface area contributed by atoms with E-state index >= 15 is 0 Å². The number of hydrogen-bond acceptors (Lipinski definition) is 5. The number of esters is 2. The maximum Gasteiger partial charge on any atom is 0.306 e. The van der Waals surface area contributed by atoms with Crippen molar-refractivity contribution in [3.8, 4) is 0 Å². The zero-order chi connectivity index (χ0) is 13.1. The van der Waals surface area contributed by atoms with E-state index in [1.54, 1.807) is 20.8 Å². The lowest BCUT2D eigenvalue weighted by atomic mass is 10.1. The molecule has 0 aromatic carbocycles. The molecule has 0 saturated carbocycles. The number of Topliss-reactive ketones (excluding diaryl/α,β-unsaturated/α-hetero) is 1. The summed E-state index contributed by atoms with van der Waals surface area (Å²) in [5.41, 5.74) is -0.542. The number of ketones is 1. The number of carbonyl (C=O) groups excluding carboxylic acids is 3. The van der Waals surface area contributed by atoms with Crippen LogP contribution in [0.2, 0.25) is 0 Å². The summed E-state index contributed by atoms with van der Waals surface area (Å²) >= 11 is 0. The Hall–Kier alpha value is -1.39. The molecule has 0 aromatic heterocycles. The van der Waals surface area contributed by atoms with Gasteiger partial charge in [-0.25, -0.2) is 0 Å². The molecule has 1 atom stereocenters. The largest absolute Gasteiger partial charge is 0.460 e. The topological polar surface area (TPSA) is 69.7 Å². The first-order chi connectivity index (χ1) is 7.78. The van der Waals surface area contributed by atoms with Crippen molar-refractivity contribution in [3.05, 3.63) is 0 Å². The normalized spacial score (nSPS) is 19.9. The Kier molecular flexibility index (Phi) is 4.26. The van der Waals surface area contributed by atoms with Crippen molar-refractivity contribution in [1.29, 1.82) is 0 Å². The molecule has 1 aliphatic heterocycles. The molecule has 0 N–H and O–H groups in total. The minimum atomic E-state index is -0.662. The molecule has 1 aliphatic rings. The molecule has 5 nitrogen and oxygen atoms in total. The van der Waals surface area contributed by atoms with Gasteiger partial charge in [-0.1, -0.05) is 0 Å². The molecule has 0 amide bonds. The zero-order valence-electron chi connectivity index (χ0n) is 10.4. The van der Waals surface area contributed by atoms with Crippen LogP contribution >= 0.6 is 0 Å². The van der Waals surface area contributed by atoms with E-state index in [9.17, 15) is 14.4 Å². The Morgan fingerprint density at radius 2 is 2.00 bits per heavy atom. The molecule has 1 heterocycles. The van der Waals surface area contributed by atoms with E-state index in [2.05, 4.69) is 0 Å². The van der Waals surface area contributed by atoms with Gasteiger partial charge in [0.25, 0.3) is 0 Å². The van der Waals surface area contributed by atoms with Crippen molar-refractivity contribution in [2.24, 2.45) is 0 Å². The molecular formula is C12H18O5. The van der Waals surface area contributed by atoms with Gasteiger partial charge < -0.3 is 9.47 Å². The first kappa shape index (κ1) is 13.7. The molecular weight excluding hydrogens is 224 g/mol. The van der Waals surface area contributed by atoms with E-state index in [4.69, 9.17) is 9.47 Å². The van der Waals surface area contributed by atoms with Gasteiger partial charge in [-0.05, 0) is 20.8 Å². The lowest BCUT2D eigenvalue weighted by molar-refractivity contribution is -0.156. The first-order valence-corrected chi connectivity index (χ1v) is 5.72. The SMILES string of the molecule is CC(C)(C)OC(=O)CCC(=O)[C@@H]1CCC(=O)O1. The second-order valence-corrected chi connectivity index (χ2v) is 5.07. The fraction of sp³-hybridized carbons (Fsp3) is 0.750. The van der Waals surface area contributed by atoms with Gasteiger partial charge in [-0.15, -0.1) is 0 Å². The summed E-state index contributed by atoms with van der Waals surface area (Å²) in [4.78, 5) is 33.8. The standard InChI is InChI=1S/C12H18O5/c1-12(2,3)17-11(15)6-4-8(13)9-5-7-10(14)16-9/h9H,4-7H2,1-3H3/t9-/m0/s1. The third kappa shape index (κ3) is 4.97. The predicted molar refractivity (Wildman–Crippen MR) is 59.2 cm³/mol. The van der Waals surface area contributed by atoms with E-state index in [1.165, 1.54) is 0 Å². The van der Waals surface area contributed by atoms with E-state index in [0.29, 0.717) is 6.42 Å². The molecule has 0 aromatic rings. The maximum atomic E-state index is 11.6. The van der Waals surface area contributed by atoms with Gasteiger partial charge in [0.2, 0.25) is 0 Å². The Balaban J connectivity index is 2.29. The van der Waals surface area contributed by atoms with E-state index in [1.807, 2.05) is 0 Å². The Morgan fingerprint density at radius 3 is 2.47 bits per heavy atom. The van der Waals surface area contributed by atoms with Gasteiger partial charge in [0.05, 0.1) is 6.42 Å². The second kappa shape index (κ2) is 5.29. The minimum absolute atomic E-state index is 0.0319. The zero-order valence-corrected chi connectivity index (χ0v) is 10.4. The van der Waals surface area contributed by atoms with Crippen LogP contribution in [-0.4, -0.2) is 29.4 Å². The summed E-state index contributed by atoms with van der Waals surface area (Å²) in [7, 11) is 0. The van der Waals surface area contributed by atoms with Crippen LogP contribution in [0, 0.1) is 0 Å². The van der Waals surface area contributed by atoms with E-state index in [0.717, 1.165) is 0 Å². The quantitative estimate of drug-likeness (QED) is 0.696. The van der Waals surface area contributed by atoms with Crippen LogP contribution in [0.3, 0.4) is 0 Å². The van der Waals surface area contributed by atoms with E-state index in [-0.39, 0.29) is 31.0 Å². The molecule has 17 heavy (non-hydrogen) atoms. The third-order valence-corrected chi connectivity index (χ3v) is 2.24. The molecule has 1 saturated heterocycles. The first-order valence-electron chi connectivity index (χ1n) is 5.72. The predicted octanol–water partition coefficient (Wildman–Crippen LogP) is 1.38. The van der Waals surface area contributed by atoms with Crippen LogP contribution in [0.4, 0.5) is 0 Å². The summed E-state index contributed by atoms with van der Waals surface area (Å²) in [5, 5.41) is 0. The lowest BCUT2D eigenvalue weighted by Gasteiger charge is -2.19. The van der Waals surface area contributed by atoms with E-state index < -0.39 is 17.7 Å². The fourth-order valence-electron chi connectivity index (χ4n) is 1.53. The molecule has 96 valence electrons. The van der Waals surface area contributed by atoms with Crippen molar-refractivity contribution >= 4 is 17.7 Å². The average molecular weight is 242 g/mol. The number of rotatable bonds is 4. The van der Waals surface area contributed by atoms with Gasteiger partial charge in [0.1, 0.15) is 5.60 Å². The highest BCUT2D eigenvalue weighted by Gasteiger charge is 2.29. The molecule has 0 spiro atoms. The molecule has 0 radical (unpaired) electrons. The number of ether oxygens (including phenoxy) is 2. The Labute approximate surface area is 100 Å². The van der Waals surface area contributed by atoms with Crippen LogP contribution in [0.5, 0.6) is 0 Å². The minimum Gasteiger partial charge on any atom is -0.460 e. The number of hydrogen-bond donors (Lipinski definition) is 0. The van der Waals surface area contributed by atoms with Crippen molar-refractivity contribution in [2.75, 3.05) is 0 Å². The highest BCUT2D eigenvalue weighted by Crippen LogP contribution is 2.17. The highest BCUT2D eigenvalue weighted by molar-refractivity contribution is 5.90. The summed E-state index contributed by atoms with van der Waals surface area (Å²) < 4.78 is 9.89. The molecule has 0 bridgehead atoms. The molecule has 0 aliphatic carbocycles. The molecule has 0 unspecified atom stereocenters. The van der Waals surface area contributed by atoms with Gasteiger partial charge in [-0.2, -0.15) is 0 Å². The number of carbonyl (C=O) groups is 3. The molecule has 1 fully saturated rings. The van der Waals surface area contributed by atoms with Crippen LogP contribution in [-0.2, 0) is 23.9 Å². The monoisotopic (exact) mass is 242 g/mol. The second-order valence-electron chi connectivity index (χ2n) is 5.07. The summed E-state index contributed by atoms with van der Waals surface area (Å²) in [5.74, 6) is -0.961. The molecule has 5 heteroatoms. The van der Waals surface area contributed by atoms with Crippen LogP contribution < -0.4 is 0 Å². The van der Waals surface area contributed by atoms with Crippen molar-refractivity contribution in [3.63, 3.8) is 0 Å². The van der Waals surface area contributed by atoms with Crippen LogP contribution in [0.25, 0.3) is 0 Å². The number of cyclic esters (lactones) is 1. The average Bonchev–Trinajstić information content (AvgIpc) is 2.58. The fourth-order valence-corrected chi connectivity index (χ4v) is 1.53. The summed E-state index contributed by atoms with van der Waals surface area (Å²) in [6.45, 7) is 5.31. The highest BCUT2D eigenvalue weighted by atomic mass is 16.6. The third-order valence-electron chi connectivity index (χ3n) is 2.24. The van der Waals surface area contributed by atoms with Gasteiger partial charge >= 0.3 is 11.9 Å². The summed E-state index contributed by atoms with van der Waals surface area (Å²) in [6.07, 6.45) is 0.135. The lowest BCUT2D eigenvalue weighted by Crippen LogP contribution is -2.26. The van der Waals surface area contributed by atoms with Crippen LogP contribution in [0.15, 0.2) is 0 Å².